The number of benzene rings is 1. The number of hydrogen-bond acceptors (Lipinski definition) is 4. The third-order valence-electron chi connectivity index (χ3n) is 6.09. The predicted molar refractivity (Wildman–Crippen MR) is 95.4 cm³/mol. The zero-order valence-corrected chi connectivity index (χ0v) is 15.0. The summed E-state index contributed by atoms with van der Waals surface area (Å²) in [4.78, 5) is 0. The molecular formula is C18H25FN2O3S. The van der Waals surface area contributed by atoms with Gasteiger partial charge in [-0.2, -0.15) is 0 Å². The van der Waals surface area contributed by atoms with Crippen LogP contribution in [0.2, 0.25) is 0 Å². The third kappa shape index (κ3) is 3.32. The van der Waals surface area contributed by atoms with Crippen LogP contribution in [0.3, 0.4) is 0 Å². The van der Waals surface area contributed by atoms with Gasteiger partial charge in [-0.05, 0) is 61.6 Å². The summed E-state index contributed by atoms with van der Waals surface area (Å²) in [5, 5.41) is 5.48. The zero-order chi connectivity index (χ0) is 18.1. The van der Waals surface area contributed by atoms with Gasteiger partial charge in [-0.1, -0.05) is 12.1 Å². The molecule has 0 aliphatic heterocycles. The Labute approximate surface area is 148 Å². The smallest absolute Gasteiger partial charge is 0.214 e. The van der Waals surface area contributed by atoms with E-state index < -0.39 is 14.8 Å². The molecule has 0 heterocycles. The SMILES string of the molecule is NCC(=CF)COc1ccc(C23CCC(S(N)(=O)=O)(CC2)CC3)cc1. The molecule has 3 aliphatic rings. The van der Waals surface area contributed by atoms with Gasteiger partial charge in [-0.25, -0.2) is 17.9 Å². The van der Waals surface area contributed by atoms with E-state index in [9.17, 15) is 12.8 Å². The van der Waals surface area contributed by atoms with Gasteiger partial charge in [-0.3, -0.25) is 0 Å². The summed E-state index contributed by atoms with van der Waals surface area (Å²) in [6.45, 7) is 0.262. The lowest BCUT2D eigenvalue weighted by Gasteiger charge is -2.52. The molecule has 0 spiro atoms. The van der Waals surface area contributed by atoms with Crippen molar-refractivity contribution in [3.8, 4) is 5.75 Å². The van der Waals surface area contributed by atoms with Crippen molar-refractivity contribution in [3.05, 3.63) is 41.7 Å². The van der Waals surface area contributed by atoms with Gasteiger partial charge in [0.1, 0.15) is 12.4 Å². The molecule has 3 fully saturated rings. The van der Waals surface area contributed by atoms with Crippen LogP contribution in [0, 0.1) is 0 Å². The molecule has 0 amide bonds. The highest BCUT2D eigenvalue weighted by Gasteiger charge is 2.54. The Morgan fingerprint density at radius 3 is 2.12 bits per heavy atom. The highest BCUT2D eigenvalue weighted by molar-refractivity contribution is 7.90. The molecule has 1 aromatic rings. The first-order valence-electron chi connectivity index (χ1n) is 8.58. The number of ether oxygens (including phenoxy) is 1. The molecule has 7 heteroatoms. The van der Waals surface area contributed by atoms with Gasteiger partial charge in [0.25, 0.3) is 0 Å². The minimum atomic E-state index is -3.50. The van der Waals surface area contributed by atoms with Crippen LogP contribution in [0.4, 0.5) is 4.39 Å². The number of fused-ring (bicyclic) bond motifs is 3. The first-order valence-corrected chi connectivity index (χ1v) is 10.1. The maximum atomic E-state index is 12.5. The van der Waals surface area contributed by atoms with E-state index in [0.717, 1.165) is 19.3 Å². The lowest BCUT2D eigenvalue weighted by atomic mass is 9.57. The molecule has 138 valence electrons. The summed E-state index contributed by atoms with van der Waals surface area (Å²) in [6.07, 6.45) is 4.89. The molecule has 3 aliphatic carbocycles. The Morgan fingerprint density at radius 1 is 1.12 bits per heavy atom. The van der Waals surface area contributed by atoms with Gasteiger partial charge < -0.3 is 10.5 Å². The monoisotopic (exact) mass is 368 g/mol. The summed E-state index contributed by atoms with van der Waals surface area (Å²) in [7, 11) is -3.50. The first kappa shape index (κ1) is 18.4. The van der Waals surface area contributed by atoms with Crippen LogP contribution in [0.15, 0.2) is 36.2 Å². The molecular weight excluding hydrogens is 343 g/mol. The van der Waals surface area contributed by atoms with E-state index in [1.54, 1.807) is 0 Å². The second-order valence-corrected chi connectivity index (χ2v) is 9.25. The summed E-state index contributed by atoms with van der Waals surface area (Å²) in [6, 6.07) is 7.83. The van der Waals surface area contributed by atoms with Crippen LogP contribution in [0.5, 0.6) is 5.75 Å². The minimum Gasteiger partial charge on any atom is -0.489 e. The number of sulfonamides is 1. The lowest BCUT2D eigenvalue weighted by Crippen LogP contribution is -2.54. The van der Waals surface area contributed by atoms with Crippen LogP contribution in [-0.2, 0) is 15.4 Å². The fourth-order valence-corrected chi connectivity index (χ4v) is 5.39. The largest absolute Gasteiger partial charge is 0.489 e. The average molecular weight is 368 g/mol. The van der Waals surface area contributed by atoms with Crippen molar-refractivity contribution < 1.29 is 17.5 Å². The van der Waals surface area contributed by atoms with E-state index in [1.165, 1.54) is 5.56 Å². The molecule has 4 N–H and O–H groups in total. The second kappa shape index (κ2) is 6.70. The van der Waals surface area contributed by atoms with Crippen LogP contribution in [0.1, 0.15) is 44.1 Å². The van der Waals surface area contributed by atoms with Gasteiger partial charge in [0, 0.05) is 12.1 Å². The van der Waals surface area contributed by atoms with Crippen LogP contribution in [-0.4, -0.2) is 26.3 Å². The zero-order valence-electron chi connectivity index (χ0n) is 14.2. The Bertz CT molecular complexity index is 735. The van der Waals surface area contributed by atoms with Crippen molar-refractivity contribution >= 4 is 10.0 Å². The Balaban J connectivity index is 1.70. The molecule has 2 bridgehead atoms. The van der Waals surface area contributed by atoms with Crippen molar-refractivity contribution in [1.29, 1.82) is 0 Å². The van der Waals surface area contributed by atoms with Crippen molar-refractivity contribution in [3.63, 3.8) is 0 Å². The molecule has 0 aromatic heterocycles. The normalized spacial score (nSPS) is 29.6. The Hall–Kier alpha value is -1.44. The summed E-state index contributed by atoms with van der Waals surface area (Å²) in [5.41, 5.74) is 7.06. The number of primary sulfonamides is 1. The van der Waals surface area contributed by atoms with Crippen LogP contribution >= 0.6 is 0 Å². The molecule has 0 atom stereocenters. The number of rotatable bonds is 6. The summed E-state index contributed by atoms with van der Waals surface area (Å²) >= 11 is 0. The fraction of sp³-hybridized carbons (Fsp3) is 0.556. The first-order chi connectivity index (χ1) is 11.8. The molecule has 0 saturated heterocycles. The highest BCUT2D eigenvalue weighted by atomic mass is 32.2. The third-order valence-corrected chi connectivity index (χ3v) is 7.91. The minimum absolute atomic E-state index is 0.0340. The van der Waals surface area contributed by atoms with E-state index in [1.807, 2.05) is 24.3 Å². The fourth-order valence-electron chi connectivity index (χ4n) is 4.23. The number of halogens is 1. The summed E-state index contributed by atoms with van der Waals surface area (Å²) < 4.78 is 41.2. The maximum absolute atomic E-state index is 12.5. The standard InChI is InChI=1S/C18H25FN2O3S/c19-11-14(12-20)13-24-16-3-1-15(2-4-16)17-5-8-18(9-6-17,10-7-17)25(21,22)23/h1-4,11H,5-10,12-13,20H2,(H2,21,22,23). The summed E-state index contributed by atoms with van der Waals surface area (Å²) in [5.74, 6) is 0.665. The second-order valence-electron chi connectivity index (χ2n) is 7.29. The number of nitrogens with two attached hydrogens (primary N) is 2. The molecule has 25 heavy (non-hydrogen) atoms. The predicted octanol–water partition coefficient (Wildman–Crippen LogP) is 2.51. The van der Waals surface area contributed by atoms with E-state index >= 15 is 0 Å². The average Bonchev–Trinajstić information content (AvgIpc) is 2.64. The molecule has 3 saturated carbocycles. The molecule has 5 nitrogen and oxygen atoms in total. The molecule has 1 aromatic carbocycles. The van der Waals surface area contributed by atoms with Crippen molar-refractivity contribution in [1.82, 2.24) is 0 Å². The quantitative estimate of drug-likeness (QED) is 0.806. The van der Waals surface area contributed by atoms with Gasteiger partial charge in [0.2, 0.25) is 10.0 Å². The van der Waals surface area contributed by atoms with Crippen molar-refractivity contribution in [2.75, 3.05) is 13.2 Å². The van der Waals surface area contributed by atoms with Crippen LogP contribution < -0.4 is 15.6 Å². The Kier molecular flexibility index (Phi) is 4.92. The van der Waals surface area contributed by atoms with Crippen molar-refractivity contribution in [2.24, 2.45) is 10.9 Å². The molecule has 0 radical (unpaired) electrons. The van der Waals surface area contributed by atoms with Gasteiger partial charge in [0.05, 0.1) is 11.1 Å². The van der Waals surface area contributed by atoms with Gasteiger partial charge in [0.15, 0.2) is 0 Å². The van der Waals surface area contributed by atoms with Gasteiger partial charge in [-0.15, -0.1) is 0 Å². The maximum Gasteiger partial charge on any atom is 0.214 e. The lowest BCUT2D eigenvalue weighted by molar-refractivity contribution is 0.151. The van der Waals surface area contributed by atoms with E-state index in [4.69, 9.17) is 15.6 Å². The molecule has 4 rings (SSSR count). The highest BCUT2D eigenvalue weighted by Crippen LogP contribution is 2.56. The van der Waals surface area contributed by atoms with Crippen LogP contribution in [0.25, 0.3) is 0 Å². The Morgan fingerprint density at radius 2 is 1.68 bits per heavy atom. The topological polar surface area (TPSA) is 95.4 Å². The number of hydrogen-bond donors (Lipinski definition) is 2. The molecule has 0 unspecified atom stereocenters. The van der Waals surface area contributed by atoms with Crippen molar-refractivity contribution in [2.45, 2.75) is 48.7 Å². The van der Waals surface area contributed by atoms with E-state index in [2.05, 4.69) is 0 Å². The van der Waals surface area contributed by atoms with E-state index in [0.29, 0.717) is 36.9 Å². The van der Waals surface area contributed by atoms with Gasteiger partial charge >= 0.3 is 0 Å². The van der Waals surface area contributed by atoms with E-state index in [-0.39, 0.29) is 18.6 Å².